The highest BCUT2D eigenvalue weighted by molar-refractivity contribution is 7.89. The zero-order valence-electron chi connectivity index (χ0n) is 11.3. The van der Waals surface area contributed by atoms with Crippen LogP contribution in [0.4, 0.5) is 0 Å². The maximum atomic E-state index is 12.6. The van der Waals surface area contributed by atoms with Gasteiger partial charge in [-0.15, -0.1) is 0 Å². The Morgan fingerprint density at radius 1 is 1.37 bits per heavy atom. The van der Waals surface area contributed by atoms with Gasteiger partial charge in [0.2, 0.25) is 0 Å². The molecule has 3 heterocycles. The van der Waals surface area contributed by atoms with Crippen molar-refractivity contribution in [2.45, 2.75) is 18.4 Å². The Morgan fingerprint density at radius 3 is 2.79 bits per heavy atom. The van der Waals surface area contributed by atoms with Crippen molar-refractivity contribution in [2.75, 3.05) is 26.2 Å². The molecule has 1 N–H and O–H groups in total. The van der Waals surface area contributed by atoms with Crippen molar-refractivity contribution in [2.24, 2.45) is 18.9 Å². The molecule has 1 aromatic rings. The second-order valence-electron chi connectivity index (χ2n) is 5.57. The van der Waals surface area contributed by atoms with Crippen LogP contribution >= 0.6 is 0 Å². The summed E-state index contributed by atoms with van der Waals surface area (Å²) in [5, 5.41) is 3.53. The minimum Gasteiger partial charge on any atom is -0.337 e. The Bertz CT molecular complexity index is 561. The molecule has 0 spiro atoms. The Balaban J connectivity index is 1.84. The molecule has 0 radical (unpaired) electrons. The van der Waals surface area contributed by atoms with Crippen molar-refractivity contribution in [3.63, 3.8) is 0 Å². The van der Waals surface area contributed by atoms with Gasteiger partial charge in [-0.2, -0.15) is 4.31 Å². The van der Waals surface area contributed by atoms with Crippen molar-refractivity contribution < 1.29 is 8.42 Å². The van der Waals surface area contributed by atoms with E-state index in [1.807, 2.05) is 14.0 Å². The third-order valence-electron chi connectivity index (χ3n) is 4.36. The molecule has 3 rings (SSSR count). The summed E-state index contributed by atoms with van der Waals surface area (Å²) in [7, 11) is -1.61. The van der Waals surface area contributed by atoms with Crippen LogP contribution in [-0.2, 0) is 17.1 Å². The van der Waals surface area contributed by atoms with E-state index in [4.69, 9.17) is 0 Å². The molecular formula is C12H20N4O2S. The summed E-state index contributed by atoms with van der Waals surface area (Å²) >= 11 is 0. The standard InChI is InChI=1S/C12H20N4O2S/c1-9-14-12(8-15(9)2)19(17,18)16-4-3-10-5-13-6-11(10)7-16/h8,10-11,13H,3-7H2,1-2H3. The van der Waals surface area contributed by atoms with Crippen molar-refractivity contribution >= 4 is 10.0 Å². The van der Waals surface area contributed by atoms with Crippen molar-refractivity contribution in [1.29, 1.82) is 0 Å². The van der Waals surface area contributed by atoms with E-state index in [1.54, 1.807) is 15.1 Å². The summed E-state index contributed by atoms with van der Waals surface area (Å²) in [6.45, 7) is 5.00. The van der Waals surface area contributed by atoms with Gasteiger partial charge in [0, 0.05) is 26.3 Å². The van der Waals surface area contributed by atoms with Crippen LogP contribution in [0, 0.1) is 18.8 Å². The molecule has 1 aromatic heterocycles. The molecule has 0 aliphatic carbocycles. The third-order valence-corrected chi connectivity index (χ3v) is 6.09. The summed E-state index contributed by atoms with van der Waals surface area (Å²) in [5.41, 5.74) is 0. The molecule has 106 valence electrons. The van der Waals surface area contributed by atoms with E-state index in [-0.39, 0.29) is 5.03 Å². The molecule has 0 amide bonds. The number of fused-ring (bicyclic) bond motifs is 1. The van der Waals surface area contributed by atoms with E-state index in [9.17, 15) is 8.42 Å². The summed E-state index contributed by atoms with van der Waals surface area (Å²) in [4.78, 5) is 4.16. The van der Waals surface area contributed by atoms with Crippen LogP contribution < -0.4 is 5.32 Å². The molecular weight excluding hydrogens is 264 g/mol. The quantitative estimate of drug-likeness (QED) is 0.827. The normalized spacial score (nSPS) is 28.5. The zero-order chi connectivity index (χ0) is 13.6. The van der Waals surface area contributed by atoms with Crippen LogP contribution in [0.3, 0.4) is 0 Å². The van der Waals surface area contributed by atoms with Crippen molar-refractivity contribution in [1.82, 2.24) is 19.2 Å². The SMILES string of the molecule is Cc1nc(S(=O)(=O)N2CCC3CNCC3C2)cn1C. The van der Waals surface area contributed by atoms with Crippen LogP contribution in [0.25, 0.3) is 0 Å². The lowest BCUT2D eigenvalue weighted by Gasteiger charge is -2.32. The number of hydrogen-bond donors (Lipinski definition) is 1. The summed E-state index contributed by atoms with van der Waals surface area (Å²) < 4.78 is 28.5. The van der Waals surface area contributed by atoms with Gasteiger partial charge in [0.15, 0.2) is 5.03 Å². The van der Waals surface area contributed by atoms with Gasteiger partial charge < -0.3 is 9.88 Å². The molecule has 2 unspecified atom stereocenters. The van der Waals surface area contributed by atoms with Crippen LogP contribution in [0.2, 0.25) is 0 Å². The molecule has 0 aromatic carbocycles. The lowest BCUT2D eigenvalue weighted by Crippen LogP contribution is -2.43. The molecule has 6 nitrogen and oxygen atoms in total. The van der Waals surface area contributed by atoms with Crippen LogP contribution in [0.15, 0.2) is 11.2 Å². The number of rotatable bonds is 2. The predicted molar refractivity (Wildman–Crippen MR) is 71.2 cm³/mol. The zero-order valence-corrected chi connectivity index (χ0v) is 12.2. The molecule has 2 saturated heterocycles. The molecule has 7 heteroatoms. The van der Waals surface area contributed by atoms with E-state index in [2.05, 4.69) is 10.3 Å². The van der Waals surface area contributed by atoms with Gasteiger partial charge in [0.1, 0.15) is 5.82 Å². The molecule has 0 saturated carbocycles. The molecule has 2 fully saturated rings. The second-order valence-corrected chi connectivity index (χ2v) is 7.45. The number of aromatic nitrogens is 2. The maximum Gasteiger partial charge on any atom is 0.262 e. The Labute approximate surface area is 113 Å². The minimum absolute atomic E-state index is 0.178. The van der Waals surface area contributed by atoms with E-state index >= 15 is 0 Å². The van der Waals surface area contributed by atoms with Crippen molar-refractivity contribution in [3.05, 3.63) is 12.0 Å². The van der Waals surface area contributed by atoms with E-state index in [1.165, 1.54) is 0 Å². The van der Waals surface area contributed by atoms with Crippen LogP contribution in [0.1, 0.15) is 12.2 Å². The van der Waals surface area contributed by atoms with Gasteiger partial charge in [-0.1, -0.05) is 0 Å². The lowest BCUT2D eigenvalue weighted by molar-refractivity contribution is 0.227. The van der Waals surface area contributed by atoms with Gasteiger partial charge in [-0.3, -0.25) is 0 Å². The summed E-state index contributed by atoms with van der Waals surface area (Å²) in [6.07, 6.45) is 2.55. The first-order valence-corrected chi connectivity index (χ1v) is 8.13. The molecule has 2 aliphatic heterocycles. The van der Waals surface area contributed by atoms with Gasteiger partial charge in [0.05, 0.1) is 0 Å². The Morgan fingerprint density at radius 2 is 2.11 bits per heavy atom. The van der Waals surface area contributed by atoms with Gasteiger partial charge in [0.25, 0.3) is 10.0 Å². The number of nitrogens with one attached hydrogen (secondary N) is 1. The van der Waals surface area contributed by atoms with Gasteiger partial charge in [-0.05, 0) is 38.3 Å². The topological polar surface area (TPSA) is 67.2 Å². The largest absolute Gasteiger partial charge is 0.337 e. The predicted octanol–water partition coefficient (Wildman–Crippen LogP) is -0.0415. The van der Waals surface area contributed by atoms with E-state index in [0.717, 1.165) is 25.3 Å². The smallest absolute Gasteiger partial charge is 0.262 e. The average Bonchev–Trinajstić information content (AvgIpc) is 2.96. The molecule has 2 aliphatic rings. The first kappa shape index (κ1) is 13.1. The number of nitrogens with zero attached hydrogens (tertiary/aromatic N) is 3. The molecule has 19 heavy (non-hydrogen) atoms. The monoisotopic (exact) mass is 284 g/mol. The average molecular weight is 284 g/mol. The molecule has 0 bridgehead atoms. The summed E-state index contributed by atoms with van der Waals surface area (Å²) in [6, 6.07) is 0. The Hall–Kier alpha value is -0.920. The summed E-state index contributed by atoms with van der Waals surface area (Å²) in [5.74, 6) is 1.81. The fourth-order valence-electron chi connectivity index (χ4n) is 3.00. The number of piperidine rings is 1. The van der Waals surface area contributed by atoms with E-state index < -0.39 is 10.0 Å². The minimum atomic E-state index is -3.43. The first-order valence-electron chi connectivity index (χ1n) is 6.69. The maximum absolute atomic E-state index is 12.6. The van der Waals surface area contributed by atoms with E-state index in [0.29, 0.717) is 24.9 Å². The number of imidazole rings is 1. The number of aryl methyl sites for hydroxylation is 2. The van der Waals surface area contributed by atoms with Crippen LogP contribution in [-0.4, -0.2) is 48.5 Å². The fourth-order valence-corrected chi connectivity index (χ4v) is 4.54. The van der Waals surface area contributed by atoms with Crippen molar-refractivity contribution in [3.8, 4) is 0 Å². The van der Waals surface area contributed by atoms with Gasteiger partial charge in [-0.25, -0.2) is 13.4 Å². The lowest BCUT2D eigenvalue weighted by atomic mass is 9.90. The highest BCUT2D eigenvalue weighted by Gasteiger charge is 2.38. The van der Waals surface area contributed by atoms with Crippen LogP contribution in [0.5, 0.6) is 0 Å². The highest BCUT2D eigenvalue weighted by Crippen LogP contribution is 2.29. The fraction of sp³-hybridized carbons (Fsp3) is 0.750. The second kappa shape index (κ2) is 4.57. The third kappa shape index (κ3) is 2.19. The number of sulfonamides is 1. The van der Waals surface area contributed by atoms with Gasteiger partial charge >= 0.3 is 0 Å². The molecule has 2 atom stereocenters. The highest BCUT2D eigenvalue weighted by atomic mass is 32.2. The Kier molecular flexibility index (Phi) is 3.15. The number of hydrogen-bond acceptors (Lipinski definition) is 4. The first-order chi connectivity index (χ1) is 8.98.